The lowest BCUT2D eigenvalue weighted by Gasteiger charge is -2.37. The molecule has 0 heterocycles. The van der Waals surface area contributed by atoms with Gasteiger partial charge in [-0.05, 0) is 43.6 Å². The molecule has 2 saturated carbocycles. The van der Waals surface area contributed by atoms with E-state index in [0.717, 1.165) is 11.8 Å². The Kier molecular flexibility index (Phi) is 3.45. The number of carbonyl (C=O) groups excluding carboxylic acids is 1. The zero-order valence-electron chi connectivity index (χ0n) is 9.37. The van der Waals surface area contributed by atoms with E-state index in [1.807, 2.05) is 0 Å². The predicted octanol–water partition coefficient (Wildman–Crippen LogP) is 2.65. The third kappa shape index (κ3) is 2.42. The van der Waals surface area contributed by atoms with Crippen molar-refractivity contribution in [1.29, 1.82) is 0 Å². The summed E-state index contributed by atoms with van der Waals surface area (Å²) in [5.41, 5.74) is 0. The van der Waals surface area contributed by atoms with E-state index in [0.29, 0.717) is 6.04 Å². The Hall–Kier alpha value is -0.790. The summed E-state index contributed by atoms with van der Waals surface area (Å²) in [7, 11) is 0. The van der Waals surface area contributed by atoms with Gasteiger partial charge in [-0.2, -0.15) is 0 Å². The predicted molar refractivity (Wildman–Crippen MR) is 61.4 cm³/mol. The molecule has 2 fully saturated rings. The summed E-state index contributed by atoms with van der Waals surface area (Å²) in [6.45, 7) is 3.53. The zero-order valence-corrected chi connectivity index (χ0v) is 9.37. The fourth-order valence-corrected chi connectivity index (χ4v) is 2.96. The van der Waals surface area contributed by atoms with Gasteiger partial charge in [0.1, 0.15) is 0 Å². The lowest BCUT2D eigenvalue weighted by atomic mass is 9.74. The van der Waals surface area contributed by atoms with Gasteiger partial charge in [0, 0.05) is 6.04 Å². The Labute approximate surface area is 92.1 Å². The van der Waals surface area contributed by atoms with Crippen LogP contribution in [-0.4, -0.2) is 11.9 Å². The van der Waals surface area contributed by atoms with Gasteiger partial charge in [-0.25, -0.2) is 0 Å². The number of hydrogen-bond acceptors (Lipinski definition) is 1. The molecule has 0 spiro atoms. The third-order valence-electron chi connectivity index (χ3n) is 4.06. The lowest BCUT2D eigenvalue weighted by molar-refractivity contribution is -0.118. The van der Waals surface area contributed by atoms with E-state index in [2.05, 4.69) is 11.9 Å². The molecule has 0 aromatic rings. The number of nitrogens with one attached hydrogen (secondary N) is 1. The molecule has 0 aliphatic heterocycles. The number of hydrogen-bond donors (Lipinski definition) is 1. The fraction of sp³-hybridized carbons (Fsp3) is 0.769. The first-order chi connectivity index (χ1) is 7.31. The van der Waals surface area contributed by atoms with Gasteiger partial charge in [0.05, 0.1) is 0 Å². The molecule has 2 heteroatoms. The molecular weight excluding hydrogens is 186 g/mol. The van der Waals surface area contributed by atoms with Gasteiger partial charge in [0.2, 0.25) is 5.91 Å². The van der Waals surface area contributed by atoms with Crippen LogP contribution in [0, 0.1) is 11.8 Å². The highest BCUT2D eigenvalue weighted by Gasteiger charge is 2.35. The van der Waals surface area contributed by atoms with Crippen molar-refractivity contribution in [2.45, 2.75) is 51.0 Å². The average molecular weight is 207 g/mol. The summed E-state index contributed by atoms with van der Waals surface area (Å²) >= 11 is 0. The van der Waals surface area contributed by atoms with E-state index in [1.54, 1.807) is 0 Å². The Morgan fingerprint density at radius 1 is 1.13 bits per heavy atom. The molecule has 0 aromatic carbocycles. The van der Waals surface area contributed by atoms with Crippen LogP contribution < -0.4 is 5.32 Å². The van der Waals surface area contributed by atoms with E-state index in [9.17, 15) is 4.79 Å². The van der Waals surface area contributed by atoms with Crippen LogP contribution in [0.2, 0.25) is 0 Å². The molecule has 2 aliphatic rings. The SMILES string of the molecule is C=CC(=O)NC(C1CCCC1)C1CCC1. The largest absolute Gasteiger partial charge is 0.349 e. The van der Waals surface area contributed by atoms with Crippen molar-refractivity contribution in [2.24, 2.45) is 11.8 Å². The van der Waals surface area contributed by atoms with E-state index >= 15 is 0 Å². The molecule has 0 radical (unpaired) electrons. The minimum absolute atomic E-state index is 0.0128. The van der Waals surface area contributed by atoms with E-state index in [-0.39, 0.29) is 5.91 Å². The number of rotatable bonds is 4. The maximum atomic E-state index is 11.4. The van der Waals surface area contributed by atoms with Crippen molar-refractivity contribution < 1.29 is 4.79 Å². The molecule has 0 saturated heterocycles. The van der Waals surface area contributed by atoms with Crippen LogP contribution in [0.1, 0.15) is 44.9 Å². The summed E-state index contributed by atoms with van der Waals surface area (Å²) in [5, 5.41) is 3.15. The van der Waals surface area contributed by atoms with Crippen LogP contribution in [-0.2, 0) is 4.79 Å². The van der Waals surface area contributed by atoms with Crippen molar-refractivity contribution >= 4 is 5.91 Å². The van der Waals surface area contributed by atoms with Gasteiger partial charge in [0.15, 0.2) is 0 Å². The molecule has 0 aromatic heterocycles. The van der Waals surface area contributed by atoms with Crippen molar-refractivity contribution in [1.82, 2.24) is 5.32 Å². The monoisotopic (exact) mass is 207 g/mol. The highest BCUT2D eigenvalue weighted by molar-refractivity contribution is 5.87. The molecule has 1 atom stereocenters. The summed E-state index contributed by atoms with van der Waals surface area (Å²) in [4.78, 5) is 11.4. The van der Waals surface area contributed by atoms with Gasteiger partial charge in [-0.1, -0.05) is 25.8 Å². The van der Waals surface area contributed by atoms with Gasteiger partial charge in [0.25, 0.3) is 0 Å². The van der Waals surface area contributed by atoms with Crippen molar-refractivity contribution in [3.8, 4) is 0 Å². The fourth-order valence-electron chi connectivity index (χ4n) is 2.96. The summed E-state index contributed by atoms with van der Waals surface area (Å²) in [6.07, 6.45) is 10.7. The number of carbonyl (C=O) groups is 1. The standard InChI is InChI=1S/C13H21NO/c1-2-12(15)14-13(11-8-5-9-11)10-6-3-4-7-10/h2,10-11,13H,1,3-9H2,(H,14,15). The minimum Gasteiger partial charge on any atom is -0.349 e. The average Bonchev–Trinajstić information content (AvgIpc) is 2.66. The Bertz CT molecular complexity index is 239. The van der Waals surface area contributed by atoms with Crippen molar-refractivity contribution in [3.63, 3.8) is 0 Å². The third-order valence-corrected chi connectivity index (χ3v) is 4.06. The van der Waals surface area contributed by atoms with Crippen LogP contribution in [0.15, 0.2) is 12.7 Å². The molecule has 1 amide bonds. The van der Waals surface area contributed by atoms with Crippen LogP contribution in [0.4, 0.5) is 0 Å². The molecule has 84 valence electrons. The first-order valence-corrected chi connectivity index (χ1v) is 6.24. The smallest absolute Gasteiger partial charge is 0.243 e. The van der Waals surface area contributed by atoms with Crippen molar-refractivity contribution in [2.75, 3.05) is 0 Å². The topological polar surface area (TPSA) is 29.1 Å². The molecule has 2 rings (SSSR count). The summed E-state index contributed by atoms with van der Waals surface area (Å²) in [6, 6.07) is 0.437. The highest BCUT2D eigenvalue weighted by Crippen LogP contribution is 2.38. The second-order valence-electron chi connectivity index (χ2n) is 4.97. The first-order valence-electron chi connectivity index (χ1n) is 6.24. The molecule has 0 bridgehead atoms. The van der Waals surface area contributed by atoms with E-state index < -0.39 is 0 Å². The molecule has 1 N–H and O–H groups in total. The van der Waals surface area contributed by atoms with Crippen molar-refractivity contribution in [3.05, 3.63) is 12.7 Å². The van der Waals surface area contributed by atoms with Crippen LogP contribution in [0.25, 0.3) is 0 Å². The molecule has 2 aliphatic carbocycles. The van der Waals surface area contributed by atoms with E-state index in [4.69, 9.17) is 0 Å². The molecular formula is C13H21NO. The van der Waals surface area contributed by atoms with Crippen LogP contribution >= 0.6 is 0 Å². The highest BCUT2D eigenvalue weighted by atomic mass is 16.1. The second kappa shape index (κ2) is 4.82. The Morgan fingerprint density at radius 2 is 1.67 bits per heavy atom. The van der Waals surface area contributed by atoms with Gasteiger partial charge in [-0.3, -0.25) is 4.79 Å². The molecule has 15 heavy (non-hydrogen) atoms. The lowest BCUT2D eigenvalue weighted by Crippen LogP contribution is -2.46. The maximum absolute atomic E-state index is 11.4. The maximum Gasteiger partial charge on any atom is 0.243 e. The summed E-state index contributed by atoms with van der Waals surface area (Å²) < 4.78 is 0. The van der Waals surface area contributed by atoms with Gasteiger partial charge in [-0.15, -0.1) is 0 Å². The normalized spacial score (nSPS) is 24.5. The van der Waals surface area contributed by atoms with Crippen LogP contribution in [0.5, 0.6) is 0 Å². The molecule has 1 unspecified atom stereocenters. The van der Waals surface area contributed by atoms with Gasteiger partial charge >= 0.3 is 0 Å². The van der Waals surface area contributed by atoms with E-state index in [1.165, 1.54) is 51.0 Å². The quantitative estimate of drug-likeness (QED) is 0.705. The zero-order chi connectivity index (χ0) is 10.7. The Balaban J connectivity index is 1.94. The summed E-state index contributed by atoms with van der Waals surface area (Å²) in [5.74, 6) is 1.50. The number of amides is 1. The minimum atomic E-state index is 0.0128. The van der Waals surface area contributed by atoms with Crippen LogP contribution in [0.3, 0.4) is 0 Å². The second-order valence-corrected chi connectivity index (χ2v) is 4.97. The van der Waals surface area contributed by atoms with Gasteiger partial charge < -0.3 is 5.32 Å². The first kappa shape index (κ1) is 10.7. The Morgan fingerprint density at radius 3 is 2.07 bits per heavy atom. The molecule has 2 nitrogen and oxygen atoms in total.